The molecule has 0 spiro atoms. The van der Waals surface area contributed by atoms with Crippen molar-refractivity contribution in [3.05, 3.63) is 17.0 Å². The minimum absolute atomic E-state index is 0.867. The van der Waals surface area contributed by atoms with Gasteiger partial charge in [-0.3, -0.25) is 0 Å². The Balaban J connectivity index is 2.07. The number of hydrogen-bond donors (Lipinski definition) is 0. The lowest BCUT2D eigenvalue weighted by molar-refractivity contribution is 0.318. The second-order valence-electron chi connectivity index (χ2n) is 4.03. The van der Waals surface area contributed by atoms with Gasteiger partial charge in [-0.25, -0.2) is 9.97 Å². The number of aromatic nitrogens is 2. The molecule has 0 saturated heterocycles. The van der Waals surface area contributed by atoms with Crippen LogP contribution in [0.1, 0.15) is 26.2 Å². The van der Waals surface area contributed by atoms with Crippen molar-refractivity contribution >= 4 is 21.7 Å². The third-order valence-corrected chi connectivity index (χ3v) is 3.59. The van der Waals surface area contributed by atoms with Crippen LogP contribution in [-0.2, 0) is 0 Å². The summed E-state index contributed by atoms with van der Waals surface area (Å²) in [6.45, 7) is 4.31. The summed E-state index contributed by atoms with van der Waals surface area (Å²) in [5.74, 6) is 1.89. The first-order chi connectivity index (χ1) is 7.31. The Kier molecular flexibility index (Phi) is 3.57. The van der Waals surface area contributed by atoms with Crippen LogP contribution in [0.2, 0.25) is 0 Å². The van der Waals surface area contributed by atoms with Crippen molar-refractivity contribution in [2.75, 3.05) is 18.0 Å². The van der Waals surface area contributed by atoms with Crippen LogP contribution in [0, 0.1) is 5.92 Å². The highest BCUT2D eigenvalue weighted by Crippen LogP contribution is 2.30. The molecule has 1 heterocycles. The third-order valence-electron chi connectivity index (χ3n) is 3.03. The first kappa shape index (κ1) is 10.9. The molecule has 1 aliphatic rings. The van der Waals surface area contributed by atoms with E-state index in [-0.39, 0.29) is 0 Å². The van der Waals surface area contributed by atoms with Gasteiger partial charge in [0.15, 0.2) is 0 Å². The average molecular weight is 270 g/mol. The fraction of sp³-hybridized carbons (Fsp3) is 0.636. The predicted octanol–water partition coefficient (Wildman–Crippen LogP) is 2.87. The highest BCUT2D eigenvalue weighted by molar-refractivity contribution is 9.10. The van der Waals surface area contributed by atoms with Crippen LogP contribution in [0.5, 0.6) is 0 Å². The van der Waals surface area contributed by atoms with Crippen molar-refractivity contribution < 1.29 is 0 Å². The maximum Gasteiger partial charge on any atom is 0.146 e. The van der Waals surface area contributed by atoms with Gasteiger partial charge in [0, 0.05) is 19.3 Å². The molecule has 0 amide bonds. The van der Waals surface area contributed by atoms with E-state index in [9.17, 15) is 0 Å². The maximum absolute atomic E-state index is 4.33. The topological polar surface area (TPSA) is 29.0 Å². The normalized spacial score (nSPS) is 16.1. The molecule has 0 bridgehead atoms. The third kappa shape index (κ3) is 2.48. The van der Waals surface area contributed by atoms with E-state index >= 15 is 0 Å². The largest absolute Gasteiger partial charge is 0.356 e. The van der Waals surface area contributed by atoms with Crippen LogP contribution in [0.3, 0.4) is 0 Å². The monoisotopic (exact) mass is 269 g/mol. The van der Waals surface area contributed by atoms with E-state index in [1.54, 1.807) is 6.33 Å². The standard InChI is InChI=1S/C11H16BrN3/c1-2-15(7-9-4-3-5-9)11-10(12)6-13-8-14-11/h6,8-9H,2-5,7H2,1H3. The molecule has 3 nitrogen and oxygen atoms in total. The van der Waals surface area contributed by atoms with Crippen molar-refractivity contribution in [2.24, 2.45) is 5.92 Å². The molecule has 0 unspecified atom stereocenters. The van der Waals surface area contributed by atoms with Gasteiger partial charge in [0.2, 0.25) is 0 Å². The summed E-state index contributed by atoms with van der Waals surface area (Å²) < 4.78 is 0.992. The molecule has 4 heteroatoms. The summed E-state index contributed by atoms with van der Waals surface area (Å²) in [7, 11) is 0. The fourth-order valence-corrected chi connectivity index (χ4v) is 2.36. The van der Waals surface area contributed by atoms with Crippen LogP contribution in [-0.4, -0.2) is 23.1 Å². The van der Waals surface area contributed by atoms with E-state index < -0.39 is 0 Å². The van der Waals surface area contributed by atoms with Crippen molar-refractivity contribution in [1.29, 1.82) is 0 Å². The molecule has 0 aromatic carbocycles. The van der Waals surface area contributed by atoms with Gasteiger partial charge < -0.3 is 4.90 Å². The van der Waals surface area contributed by atoms with Crippen LogP contribution in [0.25, 0.3) is 0 Å². The van der Waals surface area contributed by atoms with E-state index in [0.717, 1.165) is 29.3 Å². The van der Waals surface area contributed by atoms with Crippen LogP contribution in [0.4, 0.5) is 5.82 Å². The molecule has 0 N–H and O–H groups in total. The zero-order chi connectivity index (χ0) is 10.7. The van der Waals surface area contributed by atoms with E-state index in [1.165, 1.54) is 19.3 Å². The summed E-state index contributed by atoms with van der Waals surface area (Å²) in [4.78, 5) is 10.6. The van der Waals surface area contributed by atoms with Gasteiger partial charge in [0.25, 0.3) is 0 Å². The number of anilines is 1. The zero-order valence-corrected chi connectivity index (χ0v) is 10.6. The lowest BCUT2D eigenvalue weighted by Crippen LogP contribution is -2.33. The molecule has 1 aliphatic carbocycles. The smallest absolute Gasteiger partial charge is 0.146 e. The summed E-state index contributed by atoms with van der Waals surface area (Å²) in [6.07, 6.45) is 7.57. The molecule has 1 aromatic rings. The maximum atomic E-state index is 4.33. The lowest BCUT2D eigenvalue weighted by Gasteiger charge is -2.32. The summed E-state index contributed by atoms with van der Waals surface area (Å²) in [6, 6.07) is 0. The Labute approximate surface area is 99.0 Å². The van der Waals surface area contributed by atoms with Gasteiger partial charge in [-0.2, -0.15) is 0 Å². The van der Waals surface area contributed by atoms with E-state index in [1.807, 2.05) is 6.20 Å². The van der Waals surface area contributed by atoms with Crippen molar-refractivity contribution in [3.8, 4) is 0 Å². The molecular formula is C11H16BrN3. The van der Waals surface area contributed by atoms with Crippen LogP contribution >= 0.6 is 15.9 Å². The molecule has 1 aromatic heterocycles. The Bertz CT molecular complexity index is 325. The molecule has 15 heavy (non-hydrogen) atoms. The summed E-state index contributed by atoms with van der Waals surface area (Å²) in [5, 5.41) is 0. The van der Waals surface area contributed by atoms with Crippen LogP contribution < -0.4 is 4.90 Å². The Hall–Kier alpha value is -0.640. The van der Waals surface area contributed by atoms with Gasteiger partial charge in [-0.1, -0.05) is 6.42 Å². The first-order valence-electron chi connectivity index (χ1n) is 5.51. The van der Waals surface area contributed by atoms with Gasteiger partial charge in [0.1, 0.15) is 12.1 Å². The SMILES string of the molecule is CCN(CC1CCC1)c1ncncc1Br. The summed E-state index contributed by atoms with van der Waals surface area (Å²) in [5.41, 5.74) is 0. The highest BCUT2D eigenvalue weighted by Gasteiger charge is 2.21. The van der Waals surface area contributed by atoms with E-state index in [2.05, 4.69) is 37.7 Å². The first-order valence-corrected chi connectivity index (χ1v) is 6.31. The Morgan fingerprint density at radius 2 is 2.33 bits per heavy atom. The molecule has 2 rings (SSSR count). The lowest BCUT2D eigenvalue weighted by atomic mass is 9.85. The molecular weight excluding hydrogens is 254 g/mol. The zero-order valence-electron chi connectivity index (χ0n) is 8.99. The van der Waals surface area contributed by atoms with E-state index in [4.69, 9.17) is 0 Å². The molecule has 1 fully saturated rings. The Morgan fingerprint density at radius 3 is 2.87 bits per heavy atom. The average Bonchev–Trinajstić information content (AvgIpc) is 2.19. The summed E-state index contributed by atoms with van der Waals surface area (Å²) >= 11 is 3.50. The predicted molar refractivity (Wildman–Crippen MR) is 65.0 cm³/mol. The minimum Gasteiger partial charge on any atom is -0.356 e. The highest BCUT2D eigenvalue weighted by atomic mass is 79.9. The van der Waals surface area contributed by atoms with Gasteiger partial charge >= 0.3 is 0 Å². The van der Waals surface area contributed by atoms with E-state index in [0.29, 0.717) is 0 Å². The van der Waals surface area contributed by atoms with Crippen molar-refractivity contribution in [2.45, 2.75) is 26.2 Å². The van der Waals surface area contributed by atoms with Crippen molar-refractivity contribution in [3.63, 3.8) is 0 Å². The number of nitrogens with zero attached hydrogens (tertiary/aromatic N) is 3. The number of halogens is 1. The molecule has 1 saturated carbocycles. The molecule has 0 aliphatic heterocycles. The Morgan fingerprint density at radius 1 is 1.53 bits per heavy atom. The second kappa shape index (κ2) is 4.92. The van der Waals surface area contributed by atoms with Crippen molar-refractivity contribution in [1.82, 2.24) is 9.97 Å². The molecule has 0 atom stereocenters. The number of rotatable bonds is 4. The minimum atomic E-state index is 0.867. The molecule has 82 valence electrons. The quantitative estimate of drug-likeness (QED) is 0.842. The number of hydrogen-bond acceptors (Lipinski definition) is 3. The van der Waals surface area contributed by atoms with Gasteiger partial charge in [0.05, 0.1) is 4.47 Å². The molecule has 0 radical (unpaired) electrons. The second-order valence-corrected chi connectivity index (χ2v) is 4.88. The van der Waals surface area contributed by atoms with Gasteiger partial charge in [-0.05, 0) is 41.6 Å². The van der Waals surface area contributed by atoms with Crippen LogP contribution in [0.15, 0.2) is 17.0 Å². The van der Waals surface area contributed by atoms with Gasteiger partial charge in [-0.15, -0.1) is 0 Å². The fourth-order valence-electron chi connectivity index (χ4n) is 1.89.